The molecule has 1 aromatic rings. The van der Waals surface area contributed by atoms with Gasteiger partial charge < -0.3 is 0 Å². The molecule has 4 heteroatoms. The van der Waals surface area contributed by atoms with E-state index >= 15 is 0 Å². The van der Waals surface area contributed by atoms with Crippen LogP contribution in [0.25, 0.3) is 0 Å². The van der Waals surface area contributed by atoms with Gasteiger partial charge >= 0.3 is 6.34 Å². The molecule has 1 aliphatic rings. The lowest BCUT2D eigenvalue weighted by Gasteiger charge is -2.00. The van der Waals surface area contributed by atoms with Gasteiger partial charge in [0.15, 0.2) is 0 Å². The Labute approximate surface area is 75.0 Å². The molecule has 0 aromatic heterocycles. The summed E-state index contributed by atoms with van der Waals surface area (Å²) in [6, 6.07) is 7.41. The average molecular weight is 180 g/mol. The Hall–Kier alpha value is -1.35. The van der Waals surface area contributed by atoms with E-state index in [-0.39, 0.29) is 0 Å². The predicted molar refractivity (Wildman–Crippen MR) is 50.6 cm³/mol. The second kappa shape index (κ2) is 2.95. The van der Waals surface area contributed by atoms with Crippen molar-refractivity contribution in [3.05, 3.63) is 29.3 Å². The molecule has 0 spiro atoms. The second-order valence-corrected chi connectivity index (χ2v) is 2.75. The van der Waals surface area contributed by atoms with Crippen molar-refractivity contribution in [2.24, 2.45) is 4.99 Å². The molecule has 2 rings (SSSR count). The van der Waals surface area contributed by atoms with Gasteiger partial charge in [0.25, 0.3) is 6.34 Å². The molecule has 0 saturated carbocycles. The van der Waals surface area contributed by atoms with Gasteiger partial charge in [-0.25, -0.2) is 0 Å². The molecular weight excluding hydrogens is 174 g/mol. The van der Waals surface area contributed by atoms with Crippen molar-refractivity contribution in [2.45, 2.75) is 0 Å². The van der Waals surface area contributed by atoms with Gasteiger partial charge in [-0.1, -0.05) is 11.6 Å². The highest BCUT2D eigenvalue weighted by Gasteiger charge is 2.12. The van der Waals surface area contributed by atoms with Crippen LogP contribution in [0.3, 0.4) is 0 Å². The number of hydrazone groups is 1. The van der Waals surface area contributed by atoms with Crippen LogP contribution in [0.15, 0.2) is 29.3 Å². The highest BCUT2D eigenvalue weighted by Crippen LogP contribution is 2.15. The van der Waals surface area contributed by atoms with E-state index in [1.807, 2.05) is 24.3 Å². The number of benzene rings is 1. The predicted octanol–water partition coefficient (Wildman–Crippen LogP) is 1.47. The van der Waals surface area contributed by atoms with E-state index in [0.29, 0.717) is 0 Å². The summed E-state index contributed by atoms with van der Waals surface area (Å²) in [6.07, 6.45) is 3.14. The van der Waals surface area contributed by atoms with Gasteiger partial charge in [0.05, 0.1) is 10.8 Å². The fourth-order valence-corrected chi connectivity index (χ4v) is 1.06. The van der Waals surface area contributed by atoms with Crippen molar-refractivity contribution in [1.29, 1.82) is 0 Å². The molecule has 3 nitrogen and oxygen atoms in total. The van der Waals surface area contributed by atoms with Gasteiger partial charge in [-0.15, -0.1) is 5.01 Å². The molecular formula is C8H6ClN3+. The smallest absolute Gasteiger partial charge is 0.105 e. The molecule has 1 aliphatic heterocycles. The molecule has 59 valence electrons. The zero-order valence-electron chi connectivity index (χ0n) is 6.18. The summed E-state index contributed by atoms with van der Waals surface area (Å²) in [5.74, 6) is 0. The van der Waals surface area contributed by atoms with Crippen LogP contribution < -0.4 is 10.1 Å². The Balaban J connectivity index is 2.29. The maximum Gasteiger partial charge on any atom is 0.355 e. The fraction of sp³-hybridized carbons (Fsp3) is 0. The van der Waals surface area contributed by atoms with E-state index in [0.717, 1.165) is 10.7 Å². The Kier molecular flexibility index (Phi) is 1.80. The lowest BCUT2D eigenvalue weighted by molar-refractivity contribution is 1.07. The highest BCUT2D eigenvalue weighted by atomic mass is 35.5. The molecule has 1 heterocycles. The summed E-state index contributed by atoms with van der Waals surface area (Å²) >= 11 is 5.73. The van der Waals surface area contributed by atoms with Crippen molar-refractivity contribution < 1.29 is 0 Å². The first-order chi connectivity index (χ1) is 5.86. The SMILES string of the molecule is Clc1ccc(N2C=NC=[N+]2)cc1. The summed E-state index contributed by atoms with van der Waals surface area (Å²) in [7, 11) is 0. The molecule has 0 unspecified atom stereocenters. The van der Waals surface area contributed by atoms with Crippen LogP contribution in [0, 0.1) is 0 Å². The van der Waals surface area contributed by atoms with Crippen LogP contribution in [0.4, 0.5) is 5.69 Å². The molecule has 0 N–H and O–H groups in total. The van der Waals surface area contributed by atoms with Gasteiger partial charge in [-0.05, 0) is 29.3 Å². The Morgan fingerprint density at radius 2 is 2.00 bits per heavy atom. The molecule has 0 bridgehead atoms. The minimum Gasteiger partial charge on any atom is -0.105 e. The minimum atomic E-state index is 0.721. The third kappa shape index (κ3) is 1.31. The zero-order valence-corrected chi connectivity index (χ0v) is 6.94. The van der Waals surface area contributed by atoms with E-state index in [1.165, 1.54) is 6.34 Å². The Bertz CT molecular complexity index is 317. The van der Waals surface area contributed by atoms with Gasteiger partial charge in [-0.2, -0.15) is 0 Å². The fourth-order valence-electron chi connectivity index (χ4n) is 0.935. The Morgan fingerprint density at radius 1 is 1.25 bits per heavy atom. The second-order valence-electron chi connectivity index (χ2n) is 2.32. The standard InChI is InChI=1S/C8H6ClN3/c9-7-1-3-8(4-2-7)12-6-10-5-11-12/h1-6H/q+1. The number of hydrogen-bond donors (Lipinski definition) is 0. The van der Waals surface area contributed by atoms with Gasteiger partial charge in [0.1, 0.15) is 0 Å². The molecule has 12 heavy (non-hydrogen) atoms. The monoisotopic (exact) mass is 179 g/mol. The number of halogens is 1. The summed E-state index contributed by atoms with van der Waals surface area (Å²) in [5, 5.41) is 6.38. The number of anilines is 1. The molecule has 1 radical (unpaired) electrons. The van der Waals surface area contributed by atoms with E-state index in [1.54, 1.807) is 11.3 Å². The van der Waals surface area contributed by atoms with Gasteiger partial charge in [0, 0.05) is 5.02 Å². The first-order valence-corrected chi connectivity index (χ1v) is 3.84. The van der Waals surface area contributed by atoms with E-state index in [2.05, 4.69) is 10.1 Å². The average Bonchev–Trinajstić information content (AvgIpc) is 2.58. The Morgan fingerprint density at radius 3 is 2.58 bits per heavy atom. The summed E-state index contributed by atoms with van der Waals surface area (Å²) in [6.45, 7) is 0. The van der Waals surface area contributed by atoms with Crippen LogP contribution in [0.5, 0.6) is 0 Å². The van der Waals surface area contributed by atoms with Crippen LogP contribution in [0.1, 0.15) is 0 Å². The van der Waals surface area contributed by atoms with Gasteiger partial charge in [-0.3, -0.25) is 0 Å². The third-order valence-electron chi connectivity index (χ3n) is 1.51. The van der Waals surface area contributed by atoms with Crippen molar-refractivity contribution in [3.63, 3.8) is 0 Å². The maximum absolute atomic E-state index is 5.73. The normalized spacial score (nSPS) is 14.2. The number of hydrogen-bond acceptors (Lipinski definition) is 3. The minimum absolute atomic E-state index is 0.721. The first kappa shape index (κ1) is 7.31. The molecule has 0 aliphatic carbocycles. The van der Waals surface area contributed by atoms with Crippen molar-refractivity contribution in [3.8, 4) is 0 Å². The molecule has 0 fully saturated rings. The highest BCUT2D eigenvalue weighted by molar-refractivity contribution is 6.30. The molecule has 0 amide bonds. The summed E-state index contributed by atoms with van der Waals surface area (Å²) in [5.41, 5.74) is 0.955. The van der Waals surface area contributed by atoms with Crippen LogP contribution >= 0.6 is 11.6 Å². The number of rotatable bonds is 1. The van der Waals surface area contributed by atoms with Crippen LogP contribution in [0.2, 0.25) is 5.02 Å². The quantitative estimate of drug-likeness (QED) is 0.642. The topological polar surface area (TPSA) is 29.7 Å². The van der Waals surface area contributed by atoms with Crippen LogP contribution in [-0.4, -0.2) is 12.7 Å². The van der Waals surface area contributed by atoms with Crippen molar-refractivity contribution in [2.75, 3.05) is 5.01 Å². The number of nitrogens with zero attached hydrogens (tertiary/aromatic N) is 3. The summed E-state index contributed by atoms with van der Waals surface area (Å²) < 4.78 is 0. The molecule has 1 aromatic carbocycles. The summed E-state index contributed by atoms with van der Waals surface area (Å²) in [4.78, 5) is 3.84. The van der Waals surface area contributed by atoms with E-state index < -0.39 is 0 Å². The third-order valence-corrected chi connectivity index (χ3v) is 1.76. The molecule has 0 saturated heterocycles. The van der Waals surface area contributed by atoms with E-state index in [4.69, 9.17) is 11.6 Å². The van der Waals surface area contributed by atoms with E-state index in [9.17, 15) is 0 Å². The lowest BCUT2D eigenvalue weighted by Crippen LogP contribution is -2.18. The van der Waals surface area contributed by atoms with Gasteiger partial charge in [0.2, 0.25) is 0 Å². The van der Waals surface area contributed by atoms with Crippen molar-refractivity contribution >= 4 is 30.0 Å². The molecule has 0 atom stereocenters. The van der Waals surface area contributed by atoms with Crippen molar-refractivity contribution in [1.82, 2.24) is 5.10 Å². The lowest BCUT2D eigenvalue weighted by atomic mass is 10.3. The zero-order chi connectivity index (χ0) is 8.39. The largest absolute Gasteiger partial charge is 0.355 e. The van der Waals surface area contributed by atoms with Crippen LogP contribution in [-0.2, 0) is 0 Å². The number of aliphatic imine (C=N–C) groups is 1. The maximum atomic E-state index is 5.73. The first-order valence-electron chi connectivity index (χ1n) is 3.47.